The van der Waals surface area contributed by atoms with Gasteiger partial charge >= 0.3 is 5.69 Å². The van der Waals surface area contributed by atoms with Crippen molar-refractivity contribution in [2.24, 2.45) is 0 Å². The molecule has 0 aliphatic carbocycles. The zero-order valence-electron chi connectivity index (χ0n) is 18.9. The van der Waals surface area contributed by atoms with E-state index in [0.29, 0.717) is 28.4 Å². The van der Waals surface area contributed by atoms with Crippen LogP contribution in [0.15, 0.2) is 64.2 Å². The molecule has 0 aliphatic heterocycles. The largest absolute Gasteiger partial charge is 0.495 e. The van der Waals surface area contributed by atoms with Crippen molar-refractivity contribution >= 4 is 22.6 Å². The summed E-state index contributed by atoms with van der Waals surface area (Å²) in [6.45, 7) is 5.08. The summed E-state index contributed by atoms with van der Waals surface area (Å²) in [6.07, 6.45) is 0. The van der Waals surface area contributed by atoms with Crippen LogP contribution in [0.25, 0.3) is 16.7 Å². The van der Waals surface area contributed by atoms with Crippen molar-refractivity contribution in [2.45, 2.75) is 27.3 Å². The number of amides is 1. The number of carbonyl (C=O) groups excluding carboxylic acids is 1. The van der Waals surface area contributed by atoms with Crippen molar-refractivity contribution in [3.63, 3.8) is 0 Å². The fourth-order valence-electron chi connectivity index (χ4n) is 3.83. The summed E-state index contributed by atoms with van der Waals surface area (Å²) in [4.78, 5) is 44.2. The average Bonchev–Trinajstić information content (AvgIpc) is 2.78. The fourth-order valence-corrected chi connectivity index (χ4v) is 3.83. The molecule has 2 heterocycles. The number of rotatable bonds is 5. The number of aromatic nitrogens is 3. The van der Waals surface area contributed by atoms with E-state index in [9.17, 15) is 14.4 Å². The topological polar surface area (TPSA) is 95.2 Å². The lowest BCUT2D eigenvalue weighted by atomic mass is 10.1. The first-order valence-corrected chi connectivity index (χ1v) is 10.4. The maximum Gasteiger partial charge on any atom is 0.337 e. The first-order valence-electron chi connectivity index (χ1n) is 10.4. The van der Waals surface area contributed by atoms with Gasteiger partial charge < -0.3 is 10.1 Å². The van der Waals surface area contributed by atoms with Crippen molar-refractivity contribution in [3.05, 3.63) is 92.3 Å². The lowest BCUT2D eigenvalue weighted by molar-refractivity contribution is -0.116. The Hall–Kier alpha value is -4.20. The molecule has 0 unspecified atom stereocenters. The van der Waals surface area contributed by atoms with Crippen LogP contribution in [0, 0.1) is 20.8 Å². The quantitative estimate of drug-likeness (QED) is 0.510. The summed E-state index contributed by atoms with van der Waals surface area (Å²) in [5.41, 5.74) is 2.38. The number of benzene rings is 2. The Morgan fingerprint density at radius 2 is 1.73 bits per heavy atom. The molecule has 0 saturated heterocycles. The molecular formula is C25H24N4O4. The van der Waals surface area contributed by atoms with E-state index in [1.165, 1.54) is 11.7 Å². The Morgan fingerprint density at radius 1 is 1.03 bits per heavy atom. The summed E-state index contributed by atoms with van der Waals surface area (Å²) < 4.78 is 7.71. The van der Waals surface area contributed by atoms with Gasteiger partial charge in [-0.2, -0.15) is 0 Å². The fraction of sp³-hybridized carbons (Fsp3) is 0.200. The van der Waals surface area contributed by atoms with Crippen LogP contribution >= 0.6 is 0 Å². The minimum absolute atomic E-state index is 0.224. The van der Waals surface area contributed by atoms with E-state index in [1.54, 1.807) is 56.3 Å². The Kier molecular flexibility index (Phi) is 5.83. The monoisotopic (exact) mass is 444 g/mol. The zero-order valence-corrected chi connectivity index (χ0v) is 18.9. The van der Waals surface area contributed by atoms with Crippen LogP contribution in [0.1, 0.15) is 16.8 Å². The number of hydrogen-bond acceptors (Lipinski definition) is 5. The highest BCUT2D eigenvalue weighted by atomic mass is 16.5. The molecule has 0 aliphatic rings. The van der Waals surface area contributed by atoms with Crippen LogP contribution < -0.4 is 21.3 Å². The van der Waals surface area contributed by atoms with Gasteiger partial charge in [-0.05, 0) is 56.7 Å². The van der Waals surface area contributed by atoms with Crippen molar-refractivity contribution in [1.29, 1.82) is 0 Å². The zero-order chi connectivity index (χ0) is 23.7. The second-order valence-corrected chi connectivity index (χ2v) is 7.87. The molecule has 0 bridgehead atoms. The van der Waals surface area contributed by atoms with E-state index in [0.717, 1.165) is 10.1 Å². The van der Waals surface area contributed by atoms with Crippen LogP contribution in [0.5, 0.6) is 5.75 Å². The van der Waals surface area contributed by atoms with E-state index in [2.05, 4.69) is 10.3 Å². The van der Waals surface area contributed by atoms with Crippen molar-refractivity contribution in [1.82, 2.24) is 14.1 Å². The smallest absolute Gasteiger partial charge is 0.337 e. The molecule has 2 aromatic carbocycles. The van der Waals surface area contributed by atoms with Crippen molar-refractivity contribution in [3.8, 4) is 11.4 Å². The third kappa shape index (κ3) is 4.15. The predicted octanol–water partition coefficient (Wildman–Crippen LogP) is 3.12. The highest BCUT2D eigenvalue weighted by Gasteiger charge is 2.21. The van der Waals surface area contributed by atoms with Crippen LogP contribution in [0.2, 0.25) is 0 Å². The number of anilines is 1. The van der Waals surface area contributed by atoms with Crippen LogP contribution in [0.3, 0.4) is 0 Å². The van der Waals surface area contributed by atoms with Gasteiger partial charge in [-0.1, -0.05) is 29.8 Å². The van der Waals surface area contributed by atoms with Gasteiger partial charge in [0.2, 0.25) is 5.91 Å². The summed E-state index contributed by atoms with van der Waals surface area (Å²) in [7, 11) is 1.50. The Balaban J connectivity index is 1.92. The van der Waals surface area contributed by atoms with E-state index >= 15 is 0 Å². The molecule has 0 spiro atoms. The molecule has 33 heavy (non-hydrogen) atoms. The predicted molar refractivity (Wildman–Crippen MR) is 127 cm³/mol. The molecule has 8 heteroatoms. The molecule has 0 saturated carbocycles. The highest BCUT2D eigenvalue weighted by molar-refractivity contribution is 5.90. The maximum atomic E-state index is 13.6. The summed E-state index contributed by atoms with van der Waals surface area (Å²) in [5.74, 6) is -0.0436. The molecule has 1 N–H and O–H groups in total. The first kappa shape index (κ1) is 22.0. The minimum atomic E-state index is -0.673. The number of fused-ring (bicyclic) bond motifs is 1. The standard InChI is InChI=1S/C25H24N4O4/c1-15-9-11-18(12-10-15)27-21(30)14-28-24(31)22-16(2)13-17(3)26-23(22)29(25(28)32)19-7-5-6-8-20(19)33-4/h5-13H,14H2,1-4H3,(H,27,30). The Labute approximate surface area is 190 Å². The summed E-state index contributed by atoms with van der Waals surface area (Å²) in [6, 6.07) is 16.0. The van der Waals surface area contributed by atoms with Gasteiger partial charge in [0.25, 0.3) is 5.56 Å². The number of nitrogens with zero attached hydrogens (tertiary/aromatic N) is 3. The van der Waals surface area contributed by atoms with Gasteiger partial charge in [0, 0.05) is 11.4 Å². The molecule has 2 aromatic heterocycles. The van der Waals surface area contributed by atoms with E-state index in [4.69, 9.17) is 4.74 Å². The van der Waals surface area contributed by atoms with Crippen molar-refractivity contribution in [2.75, 3.05) is 12.4 Å². The number of pyridine rings is 1. The van der Waals surface area contributed by atoms with E-state index in [1.807, 2.05) is 19.1 Å². The molecule has 4 rings (SSSR count). The third-order valence-electron chi connectivity index (χ3n) is 5.38. The molecule has 4 aromatic rings. The third-order valence-corrected chi connectivity index (χ3v) is 5.38. The number of carbonyl (C=O) groups is 1. The second kappa shape index (κ2) is 8.74. The van der Waals surface area contributed by atoms with E-state index < -0.39 is 23.7 Å². The number of nitrogens with one attached hydrogen (secondary N) is 1. The first-order chi connectivity index (χ1) is 15.8. The number of ether oxygens (including phenoxy) is 1. The molecule has 1 amide bonds. The molecular weight excluding hydrogens is 420 g/mol. The van der Waals surface area contributed by atoms with Gasteiger partial charge in [-0.25, -0.2) is 18.9 Å². The second-order valence-electron chi connectivity index (χ2n) is 7.87. The highest BCUT2D eigenvalue weighted by Crippen LogP contribution is 2.24. The molecule has 0 radical (unpaired) electrons. The van der Waals surface area contributed by atoms with Crippen LogP contribution in [-0.2, 0) is 11.3 Å². The Bertz CT molecular complexity index is 1480. The van der Waals surface area contributed by atoms with Gasteiger partial charge in [-0.3, -0.25) is 9.59 Å². The lowest BCUT2D eigenvalue weighted by Gasteiger charge is -2.17. The number of aryl methyl sites for hydroxylation is 3. The lowest BCUT2D eigenvalue weighted by Crippen LogP contribution is -2.42. The van der Waals surface area contributed by atoms with Crippen LogP contribution in [-0.4, -0.2) is 27.1 Å². The number of hydrogen-bond donors (Lipinski definition) is 1. The van der Waals surface area contributed by atoms with Gasteiger partial charge in [-0.15, -0.1) is 0 Å². The van der Waals surface area contributed by atoms with E-state index in [-0.39, 0.29) is 11.0 Å². The normalized spacial score (nSPS) is 10.9. The number of para-hydroxylation sites is 2. The van der Waals surface area contributed by atoms with Gasteiger partial charge in [0.1, 0.15) is 12.3 Å². The minimum Gasteiger partial charge on any atom is -0.495 e. The Morgan fingerprint density at radius 3 is 2.42 bits per heavy atom. The molecule has 0 fully saturated rings. The number of methoxy groups -OCH3 is 1. The van der Waals surface area contributed by atoms with Gasteiger partial charge in [0.05, 0.1) is 18.2 Å². The SMILES string of the molecule is COc1ccccc1-n1c(=O)n(CC(=O)Nc2ccc(C)cc2)c(=O)c2c(C)cc(C)nc21. The maximum absolute atomic E-state index is 13.6. The average molecular weight is 444 g/mol. The summed E-state index contributed by atoms with van der Waals surface area (Å²) >= 11 is 0. The molecule has 8 nitrogen and oxygen atoms in total. The molecule has 0 atom stereocenters. The summed E-state index contributed by atoms with van der Waals surface area (Å²) in [5, 5.41) is 3.01. The van der Waals surface area contributed by atoms with Crippen LogP contribution in [0.4, 0.5) is 5.69 Å². The molecule has 168 valence electrons. The van der Waals surface area contributed by atoms with Gasteiger partial charge in [0.15, 0.2) is 5.65 Å². The van der Waals surface area contributed by atoms with Crippen molar-refractivity contribution < 1.29 is 9.53 Å².